The minimum atomic E-state index is -1.49. The minimum Gasteiger partial charge on any atom is -0.497 e. The van der Waals surface area contributed by atoms with E-state index >= 15 is 0 Å². The number of hydrazone groups is 1. The molecule has 1 atom stereocenters. The molecule has 6 nitrogen and oxygen atoms in total. The van der Waals surface area contributed by atoms with Gasteiger partial charge in [0, 0.05) is 35.7 Å². The molecule has 2 aromatic rings. The number of hydrogen-bond acceptors (Lipinski definition) is 5. The number of hydrogen-bond donors (Lipinski definition) is 1. The van der Waals surface area contributed by atoms with E-state index in [1.165, 1.54) is 5.01 Å². The zero-order chi connectivity index (χ0) is 17.2. The van der Waals surface area contributed by atoms with E-state index in [-0.39, 0.29) is 12.3 Å². The van der Waals surface area contributed by atoms with Gasteiger partial charge in [0.25, 0.3) is 5.91 Å². The summed E-state index contributed by atoms with van der Waals surface area (Å²) in [5, 5.41) is 16.7. The number of benzene rings is 1. The Balaban J connectivity index is 1.98. The van der Waals surface area contributed by atoms with Gasteiger partial charge in [0.15, 0.2) is 5.72 Å². The highest BCUT2D eigenvalue weighted by atomic mass is 16.5. The number of rotatable bonds is 4. The van der Waals surface area contributed by atoms with Crippen LogP contribution in [0, 0.1) is 0 Å². The van der Waals surface area contributed by atoms with E-state index in [2.05, 4.69) is 10.1 Å². The van der Waals surface area contributed by atoms with Crippen LogP contribution in [-0.4, -0.2) is 33.8 Å². The fourth-order valence-corrected chi connectivity index (χ4v) is 2.73. The lowest BCUT2D eigenvalue weighted by atomic mass is 9.97. The number of nitrogens with zero attached hydrogens (tertiary/aromatic N) is 3. The number of pyridine rings is 1. The summed E-state index contributed by atoms with van der Waals surface area (Å²) in [5.74, 6) is 0.301. The van der Waals surface area contributed by atoms with Crippen molar-refractivity contribution in [3.05, 3.63) is 59.9 Å². The van der Waals surface area contributed by atoms with Crippen LogP contribution in [0.25, 0.3) is 0 Å². The molecule has 24 heavy (non-hydrogen) atoms. The molecule has 1 aliphatic heterocycles. The van der Waals surface area contributed by atoms with Crippen LogP contribution in [0.3, 0.4) is 0 Å². The van der Waals surface area contributed by atoms with Crippen molar-refractivity contribution >= 4 is 11.6 Å². The third-order valence-corrected chi connectivity index (χ3v) is 4.12. The van der Waals surface area contributed by atoms with Crippen LogP contribution in [0.5, 0.6) is 5.75 Å². The van der Waals surface area contributed by atoms with Gasteiger partial charge in [-0.15, -0.1) is 0 Å². The van der Waals surface area contributed by atoms with Crippen LogP contribution in [-0.2, 0) is 5.72 Å². The van der Waals surface area contributed by atoms with Crippen LogP contribution in [0.15, 0.2) is 53.9 Å². The van der Waals surface area contributed by atoms with E-state index in [9.17, 15) is 9.90 Å². The first-order valence-corrected chi connectivity index (χ1v) is 7.76. The monoisotopic (exact) mass is 325 g/mol. The lowest BCUT2D eigenvalue weighted by Gasteiger charge is -2.31. The number of aliphatic hydroxyl groups is 1. The van der Waals surface area contributed by atoms with E-state index in [4.69, 9.17) is 4.74 Å². The predicted molar refractivity (Wildman–Crippen MR) is 89.6 cm³/mol. The molecule has 0 saturated carbocycles. The van der Waals surface area contributed by atoms with Gasteiger partial charge >= 0.3 is 0 Å². The minimum absolute atomic E-state index is 0.287. The van der Waals surface area contributed by atoms with Gasteiger partial charge in [0.2, 0.25) is 0 Å². The van der Waals surface area contributed by atoms with E-state index in [0.29, 0.717) is 23.3 Å². The molecule has 1 aromatic carbocycles. The van der Waals surface area contributed by atoms with Crippen molar-refractivity contribution < 1.29 is 14.6 Å². The zero-order valence-electron chi connectivity index (χ0n) is 13.6. The van der Waals surface area contributed by atoms with Crippen molar-refractivity contribution in [2.45, 2.75) is 25.5 Å². The Hall–Kier alpha value is -2.73. The molecule has 1 amide bonds. The van der Waals surface area contributed by atoms with Crippen LogP contribution in [0.2, 0.25) is 0 Å². The van der Waals surface area contributed by atoms with Crippen LogP contribution in [0.1, 0.15) is 35.7 Å². The van der Waals surface area contributed by atoms with Crippen LogP contribution < -0.4 is 4.74 Å². The molecule has 0 radical (unpaired) electrons. The molecule has 1 aliphatic rings. The average Bonchev–Trinajstić information content (AvgIpc) is 3.00. The Labute approximate surface area is 140 Å². The summed E-state index contributed by atoms with van der Waals surface area (Å²) in [5.41, 5.74) is 0.304. The number of ether oxygens (including phenoxy) is 1. The molecule has 1 aromatic heterocycles. The summed E-state index contributed by atoms with van der Waals surface area (Å²) < 4.78 is 5.11. The Bertz CT molecular complexity index is 759. The van der Waals surface area contributed by atoms with Crippen LogP contribution >= 0.6 is 0 Å². The highest BCUT2D eigenvalue weighted by molar-refractivity contribution is 5.98. The first kappa shape index (κ1) is 16.1. The molecular formula is C18H19N3O3. The summed E-state index contributed by atoms with van der Waals surface area (Å²) in [7, 11) is 1.57. The lowest BCUT2D eigenvalue weighted by Crippen LogP contribution is -2.43. The van der Waals surface area contributed by atoms with Gasteiger partial charge in [-0.05, 0) is 42.8 Å². The highest BCUT2D eigenvalue weighted by Gasteiger charge is 2.45. The predicted octanol–water partition coefficient (Wildman–Crippen LogP) is 2.55. The number of methoxy groups -OCH3 is 1. The highest BCUT2D eigenvalue weighted by Crippen LogP contribution is 2.36. The van der Waals surface area contributed by atoms with Gasteiger partial charge in [-0.3, -0.25) is 9.78 Å². The molecular weight excluding hydrogens is 306 g/mol. The smallest absolute Gasteiger partial charge is 0.276 e. The molecule has 3 rings (SSSR count). The Morgan fingerprint density at radius 3 is 2.50 bits per heavy atom. The van der Waals surface area contributed by atoms with Crippen molar-refractivity contribution in [3.63, 3.8) is 0 Å². The topological polar surface area (TPSA) is 75.0 Å². The largest absolute Gasteiger partial charge is 0.497 e. The number of carbonyl (C=O) groups excluding carboxylic acids is 1. The number of amides is 1. The third kappa shape index (κ3) is 2.76. The zero-order valence-corrected chi connectivity index (χ0v) is 13.6. The summed E-state index contributed by atoms with van der Waals surface area (Å²) >= 11 is 0. The molecule has 2 heterocycles. The second-order valence-electron chi connectivity index (χ2n) is 5.59. The third-order valence-electron chi connectivity index (χ3n) is 4.12. The van der Waals surface area contributed by atoms with E-state index < -0.39 is 5.72 Å². The van der Waals surface area contributed by atoms with Gasteiger partial charge in [-0.25, -0.2) is 0 Å². The molecule has 0 spiro atoms. The molecule has 0 saturated heterocycles. The number of aromatic nitrogens is 1. The molecule has 0 aliphatic carbocycles. The van der Waals surface area contributed by atoms with Crippen LogP contribution in [0.4, 0.5) is 0 Å². The van der Waals surface area contributed by atoms with Gasteiger partial charge in [-0.2, -0.15) is 10.1 Å². The molecule has 0 fully saturated rings. The second-order valence-corrected chi connectivity index (χ2v) is 5.59. The Morgan fingerprint density at radius 2 is 1.92 bits per heavy atom. The summed E-state index contributed by atoms with van der Waals surface area (Å²) in [6.45, 7) is 1.95. The molecule has 1 N–H and O–H groups in total. The standard InChI is InChI=1S/C18H19N3O3/c1-3-15-12-18(23,14-8-10-19-11-9-14)21(20-15)17(22)13-4-6-16(24-2)7-5-13/h4-11,23H,3,12H2,1-2H3/t18-/m1/s1. The molecule has 0 bridgehead atoms. The maximum absolute atomic E-state index is 12.9. The van der Waals surface area contributed by atoms with Gasteiger partial charge in [0.05, 0.1) is 7.11 Å². The first-order valence-electron chi connectivity index (χ1n) is 7.76. The SMILES string of the molecule is CCC1=NN(C(=O)c2ccc(OC)cc2)[C@](O)(c2ccncc2)C1. The fraction of sp³-hybridized carbons (Fsp3) is 0.278. The van der Waals surface area contributed by atoms with Crippen molar-refractivity contribution in [3.8, 4) is 5.75 Å². The lowest BCUT2D eigenvalue weighted by molar-refractivity contribution is -0.0766. The first-order chi connectivity index (χ1) is 11.6. The normalized spacial score (nSPS) is 20.0. The maximum Gasteiger partial charge on any atom is 0.276 e. The van der Waals surface area contributed by atoms with Gasteiger partial charge in [0.1, 0.15) is 5.75 Å². The van der Waals surface area contributed by atoms with Gasteiger partial charge < -0.3 is 9.84 Å². The average molecular weight is 325 g/mol. The summed E-state index contributed by atoms with van der Waals surface area (Å²) in [6, 6.07) is 10.1. The van der Waals surface area contributed by atoms with E-state index in [1.54, 1.807) is 55.9 Å². The number of carbonyl (C=O) groups is 1. The van der Waals surface area contributed by atoms with Crippen molar-refractivity contribution in [1.82, 2.24) is 9.99 Å². The summed E-state index contributed by atoms with van der Waals surface area (Å²) in [4.78, 5) is 16.9. The fourth-order valence-electron chi connectivity index (χ4n) is 2.73. The molecule has 6 heteroatoms. The van der Waals surface area contributed by atoms with Crippen molar-refractivity contribution in [2.24, 2.45) is 5.10 Å². The second kappa shape index (κ2) is 6.41. The Kier molecular flexibility index (Phi) is 4.31. The van der Waals surface area contributed by atoms with Crippen molar-refractivity contribution in [2.75, 3.05) is 7.11 Å². The molecule has 0 unspecified atom stereocenters. The van der Waals surface area contributed by atoms with Crippen molar-refractivity contribution in [1.29, 1.82) is 0 Å². The van der Waals surface area contributed by atoms with E-state index in [0.717, 1.165) is 5.71 Å². The Morgan fingerprint density at radius 1 is 1.25 bits per heavy atom. The maximum atomic E-state index is 12.9. The van der Waals surface area contributed by atoms with Gasteiger partial charge in [-0.1, -0.05) is 6.92 Å². The quantitative estimate of drug-likeness (QED) is 0.937. The summed E-state index contributed by atoms with van der Waals surface area (Å²) in [6.07, 6.45) is 4.13. The molecule has 124 valence electrons. The van der Waals surface area contributed by atoms with E-state index in [1.807, 2.05) is 6.92 Å².